The Morgan fingerprint density at radius 2 is 1.43 bits per heavy atom. The van der Waals surface area contributed by atoms with Crippen molar-refractivity contribution < 1.29 is 19.1 Å². The van der Waals surface area contributed by atoms with Crippen molar-refractivity contribution in [3.63, 3.8) is 0 Å². The summed E-state index contributed by atoms with van der Waals surface area (Å²) < 4.78 is 9.06. The zero-order valence-electron chi connectivity index (χ0n) is 8.84. The third-order valence-electron chi connectivity index (χ3n) is 1.01. The lowest BCUT2D eigenvalue weighted by Gasteiger charge is -1.93. The molecule has 0 rings (SSSR count). The van der Waals surface area contributed by atoms with Crippen LogP contribution in [0.4, 0.5) is 0 Å². The summed E-state index contributed by atoms with van der Waals surface area (Å²) in [5.41, 5.74) is 0. The number of alkyl halides is 1. The van der Waals surface area contributed by atoms with Crippen LogP contribution >= 0.6 is 15.9 Å². The van der Waals surface area contributed by atoms with Crippen LogP contribution in [0.15, 0.2) is 0 Å². The molecular formula is C9H17BrO4. The summed E-state index contributed by atoms with van der Waals surface area (Å²) in [7, 11) is 0. The van der Waals surface area contributed by atoms with Crippen LogP contribution in [0, 0.1) is 0 Å². The highest BCUT2D eigenvalue weighted by atomic mass is 79.9. The second-order valence-corrected chi connectivity index (χ2v) is 2.66. The Kier molecular flexibility index (Phi) is 14.1. The summed E-state index contributed by atoms with van der Waals surface area (Å²) in [5.74, 6) is -0.329. The van der Waals surface area contributed by atoms with Crippen LogP contribution in [0.3, 0.4) is 0 Å². The first-order valence-corrected chi connectivity index (χ1v) is 5.61. The normalized spacial score (nSPS) is 8.29. The molecule has 0 aliphatic rings. The van der Waals surface area contributed by atoms with Crippen molar-refractivity contribution in [1.82, 2.24) is 0 Å². The van der Waals surface area contributed by atoms with Gasteiger partial charge < -0.3 is 9.47 Å². The molecule has 0 saturated heterocycles. The van der Waals surface area contributed by atoms with Gasteiger partial charge in [0.1, 0.15) is 5.33 Å². The summed E-state index contributed by atoms with van der Waals surface area (Å²) >= 11 is 2.94. The van der Waals surface area contributed by atoms with Gasteiger partial charge in [-0.2, -0.15) is 0 Å². The molecule has 4 nitrogen and oxygen atoms in total. The molecular weight excluding hydrogens is 252 g/mol. The van der Waals surface area contributed by atoms with Crippen LogP contribution in [0.1, 0.15) is 27.2 Å². The van der Waals surface area contributed by atoms with Crippen LogP contribution in [0.5, 0.6) is 0 Å². The van der Waals surface area contributed by atoms with E-state index in [9.17, 15) is 9.59 Å². The van der Waals surface area contributed by atoms with Gasteiger partial charge in [-0.3, -0.25) is 9.59 Å². The molecule has 0 amide bonds. The number of halogens is 1. The Bertz CT molecular complexity index is 141. The van der Waals surface area contributed by atoms with E-state index in [1.165, 1.54) is 0 Å². The van der Waals surface area contributed by atoms with E-state index in [-0.39, 0.29) is 11.9 Å². The Balaban J connectivity index is 0. The molecule has 0 aromatic heterocycles. The van der Waals surface area contributed by atoms with E-state index in [2.05, 4.69) is 25.4 Å². The maximum atomic E-state index is 10.2. The first-order chi connectivity index (χ1) is 6.62. The zero-order chi connectivity index (χ0) is 11.4. The van der Waals surface area contributed by atoms with Crippen LogP contribution in [0.25, 0.3) is 0 Å². The van der Waals surface area contributed by atoms with E-state index in [1.807, 2.05) is 0 Å². The molecule has 0 aliphatic carbocycles. The summed E-state index contributed by atoms with van der Waals surface area (Å²) in [6, 6.07) is 0. The third-order valence-corrected chi connectivity index (χ3v) is 1.47. The summed E-state index contributed by atoms with van der Waals surface area (Å²) in [5, 5.41) is 0.292. The van der Waals surface area contributed by atoms with Gasteiger partial charge in [0.15, 0.2) is 0 Å². The molecule has 0 spiro atoms. The van der Waals surface area contributed by atoms with Crippen molar-refractivity contribution >= 4 is 27.9 Å². The minimum absolute atomic E-state index is 0.123. The number of carbonyl (C=O) groups is 2. The quantitative estimate of drug-likeness (QED) is 0.577. The van der Waals surface area contributed by atoms with Crippen molar-refractivity contribution in [3.8, 4) is 0 Å². The van der Waals surface area contributed by atoms with Crippen molar-refractivity contribution in [2.45, 2.75) is 27.2 Å². The van der Waals surface area contributed by atoms with E-state index >= 15 is 0 Å². The number of hydrogen-bond donors (Lipinski definition) is 0. The zero-order valence-corrected chi connectivity index (χ0v) is 10.4. The minimum atomic E-state index is -0.206. The van der Waals surface area contributed by atoms with Gasteiger partial charge >= 0.3 is 11.9 Å². The Morgan fingerprint density at radius 1 is 1.00 bits per heavy atom. The monoisotopic (exact) mass is 268 g/mol. The number of carbonyl (C=O) groups excluding carboxylic acids is 2. The van der Waals surface area contributed by atoms with Crippen LogP contribution in [0.2, 0.25) is 0 Å². The fourth-order valence-corrected chi connectivity index (χ4v) is 0.624. The molecule has 0 aliphatic heterocycles. The standard InChI is InChI=1S/C5H10O2.C4H7BrO2/c1-3-5(6)7-4-2;1-2-7-4(6)3-5/h3-4H2,1-2H3;2-3H2,1H3. The molecule has 0 unspecified atom stereocenters. The van der Waals surface area contributed by atoms with Gasteiger partial charge in [-0.15, -0.1) is 0 Å². The Hall–Kier alpha value is -0.580. The molecule has 0 aromatic rings. The minimum Gasteiger partial charge on any atom is -0.466 e. The van der Waals surface area contributed by atoms with Crippen LogP contribution in [-0.2, 0) is 19.1 Å². The largest absolute Gasteiger partial charge is 0.466 e. The molecule has 0 heterocycles. The fraction of sp³-hybridized carbons (Fsp3) is 0.778. The van der Waals surface area contributed by atoms with E-state index in [1.54, 1.807) is 20.8 Å². The molecule has 0 saturated carbocycles. The SMILES string of the molecule is CCOC(=O)CBr.CCOC(=O)CC. The Labute approximate surface area is 93.1 Å². The van der Waals surface area contributed by atoms with E-state index in [0.29, 0.717) is 25.0 Å². The van der Waals surface area contributed by atoms with Crippen molar-refractivity contribution in [3.05, 3.63) is 0 Å². The lowest BCUT2D eigenvalue weighted by molar-refractivity contribution is -0.142. The summed E-state index contributed by atoms with van der Waals surface area (Å²) in [4.78, 5) is 20.3. The van der Waals surface area contributed by atoms with Gasteiger partial charge in [0.2, 0.25) is 0 Å². The highest BCUT2D eigenvalue weighted by Crippen LogP contribution is 1.82. The van der Waals surface area contributed by atoms with Gasteiger partial charge in [-0.25, -0.2) is 0 Å². The predicted octanol–water partition coefficient (Wildman–Crippen LogP) is 1.90. The number of ether oxygens (including phenoxy) is 2. The maximum Gasteiger partial charge on any atom is 0.316 e. The van der Waals surface area contributed by atoms with Crippen LogP contribution < -0.4 is 0 Å². The van der Waals surface area contributed by atoms with Crippen molar-refractivity contribution in [2.75, 3.05) is 18.5 Å². The smallest absolute Gasteiger partial charge is 0.316 e. The van der Waals surface area contributed by atoms with Gasteiger partial charge in [-0.05, 0) is 13.8 Å². The number of hydrogen-bond acceptors (Lipinski definition) is 4. The average molecular weight is 269 g/mol. The molecule has 0 fully saturated rings. The van der Waals surface area contributed by atoms with Crippen molar-refractivity contribution in [1.29, 1.82) is 0 Å². The molecule has 0 N–H and O–H groups in total. The van der Waals surface area contributed by atoms with E-state index in [0.717, 1.165) is 0 Å². The van der Waals surface area contributed by atoms with Gasteiger partial charge in [0.25, 0.3) is 0 Å². The average Bonchev–Trinajstić information content (AvgIpc) is 2.19. The van der Waals surface area contributed by atoms with Gasteiger partial charge in [0.05, 0.1) is 13.2 Å². The molecule has 0 aromatic carbocycles. The second kappa shape index (κ2) is 12.4. The molecule has 84 valence electrons. The first-order valence-electron chi connectivity index (χ1n) is 4.49. The van der Waals surface area contributed by atoms with Gasteiger partial charge in [0, 0.05) is 6.42 Å². The highest BCUT2D eigenvalue weighted by Gasteiger charge is 1.92. The first kappa shape index (κ1) is 15.9. The second-order valence-electron chi connectivity index (χ2n) is 2.10. The summed E-state index contributed by atoms with van der Waals surface area (Å²) in [6.07, 6.45) is 0.480. The third kappa shape index (κ3) is 14.0. The topological polar surface area (TPSA) is 52.6 Å². The molecule has 14 heavy (non-hydrogen) atoms. The van der Waals surface area contributed by atoms with Crippen LogP contribution in [-0.4, -0.2) is 30.5 Å². The maximum absolute atomic E-state index is 10.2. The number of rotatable bonds is 4. The Morgan fingerprint density at radius 3 is 1.57 bits per heavy atom. The highest BCUT2D eigenvalue weighted by molar-refractivity contribution is 9.09. The lowest BCUT2D eigenvalue weighted by atomic mass is 10.5. The molecule has 5 heteroatoms. The number of esters is 2. The molecule has 0 radical (unpaired) electrons. The molecule has 0 atom stereocenters. The lowest BCUT2D eigenvalue weighted by Crippen LogP contribution is -2.03. The predicted molar refractivity (Wildman–Crippen MR) is 57.4 cm³/mol. The van der Waals surface area contributed by atoms with E-state index in [4.69, 9.17) is 0 Å². The van der Waals surface area contributed by atoms with E-state index < -0.39 is 0 Å². The van der Waals surface area contributed by atoms with Gasteiger partial charge in [-0.1, -0.05) is 22.9 Å². The molecule has 0 bridgehead atoms. The van der Waals surface area contributed by atoms with Crippen molar-refractivity contribution in [2.24, 2.45) is 0 Å². The summed E-state index contributed by atoms with van der Waals surface area (Å²) in [6.45, 7) is 6.31. The fourth-order valence-electron chi connectivity index (χ4n) is 0.463.